The fourth-order valence-corrected chi connectivity index (χ4v) is 10.6. The van der Waals surface area contributed by atoms with Crippen molar-refractivity contribution in [2.75, 3.05) is 0 Å². The van der Waals surface area contributed by atoms with Gasteiger partial charge in [-0.2, -0.15) is 4.99 Å². The Balaban J connectivity index is 1.09. The molecule has 5 nitrogen and oxygen atoms in total. The van der Waals surface area contributed by atoms with Gasteiger partial charge in [0.2, 0.25) is 5.96 Å². The summed E-state index contributed by atoms with van der Waals surface area (Å²) in [5.74, 6) is 1.44. The number of rotatable bonds is 8. The van der Waals surface area contributed by atoms with E-state index in [-0.39, 0.29) is 11.3 Å². The van der Waals surface area contributed by atoms with Gasteiger partial charge < -0.3 is 9.88 Å². The predicted molar refractivity (Wildman–Crippen MR) is 278 cm³/mol. The first-order chi connectivity index (χ1) is 32.4. The van der Waals surface area contributed by atoms with Crippen molar-refractivity contribution in [1.29, 1.82) is 0 Å². The van der Waals surface area contributed by atoms with Crippen LogP contribution in [0.15, 0.2) is 217 Å². The zero-order chi connectivity index (χ0) is 44.5. The van der Waals surface area contributed by atoms with Crippen LogP contribution >= 0.6 is 0 Å². The third kappa shape index (κ3) is 6.29. The van der Waals surface area contributed by atoms with Gasteiger partial charge in [-0.15, -0.1) is 6.58 Å². The highest BCUT2D eigenvalue weighted by atomic mass is 15.3. The van der Waals surface area contributed by atoms with Crippen LogP contribution in [0.2, 0.25) is 0 Å². The van der Waals surface area contributed by atoms with Crippen LogP contribution in [-0.4, -0.2) is 20.9 Å². The zero-order valence-corrected chi connectivity index (χ0v) is 37.4. The van der Waals surface area contributed by atoms with Crippen LogP contribution in [0, 0.1) is 5.92 Å². The Morgan fingerprint density at radius 3 is 1.74 bits per heavy atom. The number of fused-ring (bicyclic) bond motifs is 8. The third-order valence-corrected chi connectivity index (χ3v) is 14.0. The van der Waals surface area contributed by atoms with E-state index < -0.39 is 6.17 Å². The number of amidine groups is 1. The molecule has 0 spiro atoms. The van der Waals surface area contributed by atoms with Crippen molar-refractivity contribution in [3.05, 3.63) is 223 Å². The van der Waals surface area contributed by atoms with E-state index in [2.05, 4.69) is 236 Å². The van der Waals surface area contributed by atoms with Crippen molar-refractivity contribution in [2.45, 2.75) is 38.8 Å². The molecule has 10 aromatic rings. The molecule has 2 aliphatic heterocycles. The maximum atomic E-state index is 5.59. The fraction of sp³-hybridized carbons (Fsp3) is 0.115. The topological polar surface area (TPSA) is 46.6 Å². The Labute approximate surface area is 385 Å². The van der Waals surface area contributed by atoms with Gasteiger partial charge in [-0.05, 0) is 118 Å². The summed E-state index contributed by atoms with van der Waals surface area (Å²) in [6, 6.07) is 66.3. The summed E-state index contributed by atoms with van der Waals surface area (Å²) in [6.45, 7) is 11.1. The Morgan fingerprint density at radius 2 is 1.12 bits per heavy atom. The number of para-hydroxylation sites is 1. The van der Waals surface area contributed by atoms with E-state index >= 15 is 0 Å². The predicted octanol–water partition coefficient (Wildman–Crippen LogP) is 15.2. The molecule has 1 N–H and O–H groups in total. The molecule has 318 valence electrons. The number of aromatic nitrogens is 2. The maximum Gasteiger partial charge on any atom is 0.234 e. The number of allylic oxidation sites excluding steroid dienone is 2. The molecule has 0 radical (unpaired) electrons. The van der Waals surface area contributed by atoms with E-state index in [1.165, 1.54) is 72.0 Å². The Bertz CT molecular complexity index is 3540. The minimum atomic E-state index is -0.423. The molecule has 0 saturated carbocycles. The summed E-state index contributed by atoms with van der Waals surface area (Å²) in [5.41, 5.74) is 16.4. The third-order valence-electron chi connectivity index (χ3n) is 14.0. The Hall–Kier alpha value is -8.02. The van der Waals surface area contributed by atoms with Crippen molar-refractivity contribution < 1.29 is 0 Å². The molecule has 5 heteroatoms. The van der Waals surface area contributed by atoms with Crippen LogP contribution in [0.1, 0.15) is 50.0 Å². The van der Waals surface area contributed by atoms with Crippen LogP contribution in [0.4, 0.5) is 0 Å². The van der Waals surface area contributed by atoms with Gasteiger partial charge >= 0.3 is 0 Å². The molecule has 2 unspecified atom stereocenters. The second kappa shape index (κ2) is 15.6. The monoisotopic (exact) mass is 851 g/mol. The summed E-state index contributed by atoms with van der Waals surface area (Å²) in [5, 5.41) is 8.58. The number of benzene rings is 8. The van der Waals surface area contributed by atoms with E-state index in [1.807, 2.05) is 6.08 Å². The summed E-state index contributed by atoms with van der Waals surface area (Å²) in [4.78, 5) is 11.0. The molecule has 0 aliphatic carbocycles. The van der Waals surface area contributed by atoms with E-state index in [0.717, 1.165) is 39.6 Å². The normalized spacial score (nSPS) is 15.8. The fourth-order valence-electron chi connectivity index (χ4n) is 10.6. The van der Waals surface area contributed by atoms with Crippen molar-refractivity contribution in [3.8, 4) is 39.1 Å². The van der Waals surface area contributed by atoms with Gasteiger partial charge in [0.1, 0.15) is 12.0 Å². The lowest BCUT2D eigenvalue weighted by Crippen LogP contribution is -2.38. The molecule has 4 heterocycles. The molecule has 0 bridgehead atoms. The lowest BCUT2D eigenvalue weighted by Gasteiger charge is -2.35. The molecule has 0 amide bonds. The van der Waals surface area contributed by atoms with E-state index in [0.29, 0.717) is 5.96 Å². The molecule has 0 fully saturated rings. The lowest BCUT2D eigenvalue weighted by atomic mass is 9.74. The molecule has 2 atom stereocenters. The number of hydrogen-bond acceptors (Lipinski definition) is 3. The summed E-state index contributed by atoms with van der Waals surface area (Å²) < 4.78 is 4.76. The Kier molecular flexibility index (Phi) is 9.35. The number of hydrogen-bond donors (Lipinski definition) is 1. The van der Waals surface area contributed by atoms with Crippen molar-refractivity contribution in [3.63, 3.8) is 0 Å². The van der Waals surface area contributed by atoms with Crippen LogP contribution in [-0.2, 0) is 5.41 Å². The van der Waals surface area contributed by atoms with E-state index in [4.69, 9.17) is 9.98 Å². The van der Waals surface area contributed by atoms with Gasteiger partial charge in [-0.1, -0.05) is 159 Å². The van der Waals surface area contributed by atoms with Crippen molar-refractivity contribution in [1.82, 2.24) is 14.5 Å². The van der Waals surface area contributed by atoms with Gasteiger partial charge in [0.15, 0.2) is 0 Å². The highest BCUT2D eigenvalue weighted by Crippen LogP contribution is 2.49. The molecule has 2 aromatic heterocycles. The molecule has 2 aliphatic rings. The minimum absolute atomic E-state index is 0.0499. The largest absolute Gasteiger partial charge is 0.348 e. The smallest absolute Gasteiger partial charge is 0.234 e. The van der Waals surface area contributed by atoms with Crippen LogP contribution in [0.3, 0.4) is 0 Å². The minimum Gasteiger partial charge on any atom is -0.348 e. The molecule has 12 rings (SSSR count). The highest BCUT2D eigenvalue weighted by molar-refractivity contribution is 6.18. The second-order valence-electron chi connectivity index (χ2n) is 18.2. The molecule has 8 aromatic carbocycles. The maximum absolute atomic E-state index is 5.59. The quantitative estimate of drug-likeness (QED) is 0.152. The first-order valence-corrected chi connectivity index (χ1v) is 23.0. The average Bonchev–Trinajstić information content (AvgIpc) is 3.88. The first kappa shape index (κ1) is 39.6. The van der Waals surface area contributed by atoms with Crippen LogP contribution in [0.5, 0.6) is 0 Å². The number of nitrogens with zero attached hydrogens (tertiary/aromatic N) is 4. The highest BCUT2D eigenvalue weighted by Gasteiger charge is 2.36. The number of nitrogens with one attached hydrogen (secondary N) is 1. The van der Waals surface area contributed by atoms with Crippen molar-refractivity contribution in [2.24, 2.45) is 15.9 Å². The first-order valence-electron chi connectivity index (χ1n) is 23.0. The molecule has 66 heavy (non-hydrogen) atoms. The molecular formula is C61H49N5. The van der Waals surface area contributed by atoms with Crippen LogP contribution < -0.4 is 5.32 Å². The standard InChI is InChI=1S/C61H49N5/c1-5-7-19-39(6-2)58-62-59(45-30-33-53-49(36-45)50-37-46(42-24-15-10-16-25-42)38-52-57(50)65(53)56-27-18-17-26-51(56)61(52,3)4)64-60(63-58)66-54-31-28-43(40-20-11-8-12-21-40)34-47(54)48-35-44(29-32-55(48)66)41-22-13-9-14-23-41/h5-18,20-39,59H,2,19H2,1,3-4H3,(H,62,63,64)/b7-5-. The summed E-state index contributed by atoms with van der Waals surface area (Å²) in [7, 11) is 0. The van der Waals surface area contributed by atoms with Crippen LogP contribution in [0.25, 0.3) is 82.7 Å². The van der Waals surface area contributed by atoms with E-state index in [9.17, 15) is 0 Å². The van der Waals surface area contributed by atoms with Gasteiger partial charge in [-0.25, -0.2) is 4.99 Å². The second-order valence-corrected chi connectivity index (χ2v) is 18.2. The lowest BCUT2D eigenvalue weighted by molar-refractivity contribution is 0.630. The zero-order valence-electron chi connectivity index (χ0n) is 37.4. The summed E-state index contributed by atoms with van der Waals surface area (Å²) >= 11 is 0. The number of aliphatic imine (C=N–C) groups is 2. The average molecular weight is 852 g/mol. The van der Waals surface area contributed by atoms with Gasteiger partial charge in [0.25, 0.3) is 0 Å². The molecule has 0 saturated heterocycles. The molecular weight excluding hydrogens is 803 g/mol. The van der Waals surface area contributed by atoms with Gasteiger partial charge in [-0.3, -0.25) is 4.57 Å². The Morgan fingerprint density at radius 1 is 0.576 bits per heavy atom. The van der Waals surface area contributed by atoms with Crippen molar-refractivity contribution >= 4 is 55.4 Å². The summed E-state index contributed by atoms with van der Waals surface area (Å²) in [6.07, 6.45) is 6.65. The van der Waals surface area contributed by atoms with Gasteiger partial charge in [0, 0.05) is 32.9 Å². The van der Waals surface area contributed by atoms with E-state index in [1.54, 1.807) is 0 Å². The van der Waals surface area contributed by atoms with Gasteiger partial charge in [0.05, 0.1) is 27.8 Å². The SMILES string of the molecule is C=CC(C/C=C\C)C1=NC(n2c3ccc(-c4ccccc4)cc3c3cc(-c4ccccc4)ccc32)=NC(c2ccc3c(c2)c2cc(-c4ccccc4)cc4c2n3-c2ccccc2C4(C)C)N1.